The maximum atomic E-state index is 12.0. The first-order valence-electron chi connectivity index (χ1n) is 7.27. The highest BCUT2D eigenvalue weighted by Crippen LogP contribution is 2.18. The Balaban J connectivity index is 1.89. The lowest BCUT2D eigenvalue weighted by Gasteiger charge is -2.09. The van der Waals surface area contributed by atoms with Crippen molar-refractivity contribution < 1.29 is 9.53 Å². The highest BCUT2D eigenvalue weighted by atomic mass is 32.1. The minimum atomic E-state index is -0.232. The highest BCUT2D eigenvalue weighted by Gasteiger charge is 2.10. The Hall–Kier alpha value is -1.92. The second-order valence-corrected chi connectivity index (χ2v) is 6.28. The summed E-state index contributed by atoms with van der Waals surface area (Å²) in [5.74, 6) is 1.19. The van der Waals surface area contributed by atoms with Gasteiger partial charge >= 0.3 is 0 Å². The molecule has 6 heteroatoms. The number of nitrogens with two attached hydrogens (primary N) is 1. The molecule has 3 N–H and O–H groups in total. The second-order valence-electron chi connectivity index (χ2n) is 5.34. The Morgan fingerprint density at radius 2 is 2.09 bits per heavy atom. The van der Waals surface area contributed by atoms with Crippen molar-refractivity contribution in [2.75, 3.05) is 11.9 Å². The van der Waals surface area contributed by atoms with E-state index in [-0.39, 0.29) is 5.91 Å². The summed E-state index contributed by atoms with van der Waals surface area (Å²) in [6.45, 7) is 5.37. The van der Waals surface area contributed by atoms with Crippen LogP contribution in [0.2, 0.25) is 0 Å². The van der Waals surface area contributed by atoms with Gasteiger partial charge in [0.05, 0.1) is 6.61 Å². The monoisotopic (exact) mass is 319 g/mol. The third-order valence-corrected chi connectivity index (χ3v) is 3.91. The summed E-state index contributed by atoms with van der Waals surface area (Å²) in [5, 5.41) is 5.26. The standard InChI is InChI=1S/C16H21N3O2S/c1-11(2)7-8-21-13-5-3-12(4-6-13)18-16(20)14-10-22-15(9-17)19-14/h3-6,10-11H,7-9,17H2,1-2H3,(H,18,20). The largest absolute Gasteiger partial charge is 0.494 e. The van der Waals surface area contributed by atoms with E-state index < -0.39 is 0 Å². The van der Waals surface area contributed by atoms with Crippen molar-refractivity contribution in [1.82, 2.24) is 4.98 Å². The Morgan fingerprint density at radius 1 is 1.36 bits per heavy atom. The van der Waals surface area contributed by atoms with Crippen LogP contribution in [0.3, 0.4) is 0 Å². The predicted octanol–water partition coefficient (Wildman–Crippen LogP) is 3.28. The van der Waals surface area contributed by atoms with Crippen molar-refractivity contribution >= 4 is 22.9 Å². The Kier molecular flexibility index (Phi) is 5.91. The first kappa shape index (κ1) is 16.5. The summed E-state index contributed by atoms with van der Waals surface area (Å²) in [4.78, 5) is 16.2. The van der Waals surface area contributed by atoms with Gasteiger partial charge in [0, 0.05) is 17.6 Å². The number of rotatable bonds is 7. The molecule has 1 aromatic carbocycles. The summed E-state index contributed by atoms with van der Waals surface area (Å²) in [7, 11) is 0. The summed E-state index contributed by atoms with van der Waals surface area (Å²) < 4.78 is 5.64. The SMILES string of the molecule is CC(C)CCOc1ccc(NC(=O)c2csc(CN)n2)cc1. The molecule has 22 heavy (non-hydrogen) atoms. The molecule has 0 saturated carbocycles. The van der Waals surface area contributed by atoms with Gasteiger partial charge in [-0.1, -0.05) is 13.8 Å². The molecule has 0 radical (unpaired) electrons. The fourth-order valence-electron chi connectivity index (χ4n) is 1.75. The molecule has 0 saturated heterocycles. The second kappa shape index (κ2) is 7.91. The minimum Gasteiger partial charge on any atom is -0.494 e. The first-order chi connectivity index (χ1) is 10.6. The van der Waals surface area contributed by atoms with Gasteiger partial charge in [-0.2, -0.15) is 0 Å². The molecular weight excluding hydrogens is 298 g/mol. The van der Waals surface area contributed by atoms with Crippen LogP contribution in [0.15, 0.2) is 29.6 Å². The number of benzene rings is 1. The van der Waals surface area contributed by atoms with Crippen LogP contribution in [0, 0.1) is 5.92 Å². The minimum absolute atomic E-state index is 0.232. The van der Waals surface area contributed by atoms with Gasteiger partial charge in [0.1, 0.15) is 16.5 Å². The molecule has 118 valence electrons. The van der Waals surface area contributed by atoms with Gasteiger partial charge in [0.25, 0.3) is 5.91 Å². The third kappa shape index (κ3) is 4.82. The molecule has 0 spiro atoms. The van der Waals surface area contributed by atoms with Crippen LogP contribution in [0.5, 0.6) is 5.75 Å². The van der Waals surface area contributed by atoms with Crippen LogP contribution in [0.25, 0.3) is 0 Å². The first-order valence-corrected chi connectivity index (χ1v) is 8.15. The van der Waals surface area contributed by atoms with Crippen molar-refractivity contribution in [3.63, 3.8) is 0 Å². The smallest absolute Gasteiger partial charge is 0.275 e. The fourth-order valence-corrected chi connectivity index (χ4v) is 2.41. The average molecular weight is 319 g/mol. The number of thiazole rings is 1. The van der Waals surface area contributed by atoms with Gasteiger partial charge in [-0.15, -0.1) is 11.3 Å². The van der Waals surface area contributed by atoms with E-state index in [1.807, 2.05) is 24.3 Å². The topological polar surface area (TPSA) is 77.2 Å². The zero-order valence-corrected chi connectivity index (χ0v) is 13.7. The summed E-state index contributed by atoms with van der Waals surface area (Å²) >= 11 is 1.39. The van der Waals surface area contributed by atoms with E-state index in [2.05, 4.69) is 24.1 Å². The van der Waals surface area contributed by atoms with Gasteiger partial charge in [0.2, 0.25) is 0 Å². The zero-order chi connectivity index (χ0) is 15.9. The predicted molar refractivity (Wildman–Crippen MR) is 89.4 cm³/mol. The van der Waals surface area contributed by atoms with E-state index in [9.17, 15) is 4.79 Å². The number of anilines is 1. The van der Waals surface area contributed by atoms with E-state index in [1.54, 1.807) is 5.38 Å². The number of amides is 1. The number of nitrogens with one attached hydrogen (secondary N) is 1. The van der Waals surface area contributed by atoms with Crippen molar-refractivity contribution in [1.29, 1.82) is 0 Å². The summed E-state index contributed by atoms with van der Waals surface area (Å²) in [6.07, 6.45) is 1.02. The normalized spacial score (nSPS) is 10.7. The summed E-state index contributed by atoms with van der Waals surface area (Å²) in [6, 6.07) is 7.34. The zero-order valence-electron chi connectivity index (χ0n) is 12.8. The van der Waals surface area contributed by atoms with E-state index in [1.165, 1.54) is 11.3 Å². The van der Waals surface area contributed by atoms with E-state index in [0.717, 1.165) is 17.2 Å². The van der Waals surface area contributed by atoms with Crippen molar-refractivity contribution in [3.05, 3.63) is 40.3 Å². The third-order valence-electron chi connectivity index (χ3n) is 3.04. The number of hydrogen-bond acceptors (Lipinski definition) is 5. The number of carbonyl (C=O) groups is 1. The van der Waals surface area contributed by atoms with E-state index >= 15 is 0 Å². The molecule has 2 aromatic rings. The maximum Gasteiger partial charge on any atom is 0.275 e. The lowest BCUT2D eigenvalue weighted by molar-refractivity contribution is 0.102. The molecule has 2 rings (SSSR count). The van der Waals surface area contributed by atoms with Gasteiger partial charge in [-0.05, 0) is 36.6 Å². The van der Waals surface area contributed by atoms with Crippen molar-refractivity contribution in [2.45, 2.75) is 26.8 Å². The van der Waals surface area contributed by atoms with Gasteiger partial charge in [0.15, 0.2) is 0 Å². The van der Waals surface area contributed by atoms with Crippen LogP contribution < -0.4 is 15.8 Å². The molecule has 1 aromatic heterocycles. The fraction of sp³-hybridized carbons (Fsp3) is 0.375. The molecule has 0 aliphatic carbocycles. The number of aromatic nitrogens is 1. The molecule has 5 nitrogen and oxygen atoms in total. The van der Waals surface area contributed by atoms with Crippen LogP contribution in [0.4, 0.5) is 5.69 Å². The Morgan fingerprint density at radius 3 is 2.68 bits per heavy atom. The van der Waals surface area contributed by atoms with Crippen LogP contribution >= 0.6 is 11.3 Å². The van der Waals surface area contributed by atoms with Crippen LogP contribution in [0.1, 0.15) is 35.8 Å². The van der Waals surface area contributed by atoms with E-state index in [4.69, 9.17) is 10.5 Å². The molecule has 1 heterocycles. The Bertz CT molecular complexity index is 608. The van der Waals surface area contributed by atoms with E-state index in [0.29, 0.717) is 30.5 Å². The molecular formula is C16H21N3O2S. The molecule has 0 bridgehead atoms. The number of carbonyl (C=O) groups excluding carboxylic acids is 1. The molecule has 0 unspecified atom stereocenters. The maximum absolute atomic E-state index is 12.0. The number of hydrogen-bond donors (Lipinski definition) is 2. The van der Waals surface area contributed by atoms with Gasteiger partial charge in [-0.25, -0.2) is 4.98 Å². The molecule has 0 aliphatic rings. The lowest BCUT2D eigenvalue weighted by atomic mass is 10.1. The molecule has 0 fully saturated rings. The quantitative estimate of drug-likeness (QED) is 0.821. The Labute approximate surface area is 134 Å². The number of ether oxygens (including phenoxy) is 1. The number of nitrogens with zero attached hydrogens (tertiary/aromatic N) is 1. The van der Waals surface area contributed by atoms with Gasteiger partial charge in [-0.3, -0.25) is 4.79 Å². The molecule has 1 amide bonds. The van der Waals surface area contributed by atoms with Crippen LogP contribution in [-0.2, 0) is 6.54 Å². The van der Waals surface area contributed by atoms with Crippen molar-refractivity contribution in [2.24, 2.45) is 11.7 Å². The van der Waals surface area contributed by atoms with Gasteiger partial charge < -0.3 is 15.8 Å². The average Bonchev–Trinajstić information content (AvgIpc) is 2.98. The van der Waals surface area contributed by atoms with Crippen LogP contribution in [-0.4, -0.2) is 17.5 Å². The highest BCUT2D eigenvalue weighted by molar-refractivity contribution is 7.09. The molecule has 0 atom stereocenters. The molecule has 0 aliphatic heterocycles. The van der Waals surface area contributed by atoms with Crippen molar-refractivity contribution in [3.8, 4) is 5.75 Å². The summed E-state index contributed by atoms with van der Waals surface area (Å²) in [5.41, 5.74) is 6.60. The lowest BCUT2D eigenvalue weighted by Crippen LogP contribution is -2.12.